The van der Waals surface area contributed by atoms with Crippen LogP contribution in [0.3, 0.4) is 0 Å². The van der Waals surface area contributed by atoms with Gasteiger partial charge in [-0.25, -0.2) is 13.5 Å². The Morgan fingerprint density at radius 2 is 1.89 bits per heavy atom. The normalized spacial score (nSPS) is 14.8. The van der Waals surface area contributed by atoms with Crippen molar-refractivity contribution in [3.8, 4) is 6.07 Å². The molecule has 1 fully saturated rings. The average Bonchev–Trinajstić information content (AvgIpc) is 3.52. The molecule has 0 radical (unpaired) electrons. The minimum absolute atomic E-state index is 0.0567. The number of nitrogens with one attached hydrogen (secondary N) is 2. The molecule has 0 bridgehead atoms. The summed E-state index contributed by atoms with van der Waals surface area (Å²) in [5, 5.41) is 26.7. The van der Waals surface area contributed by atoms with Gasteiger partial charge in [-0.3, -0.25) is 4.98 Å². The smallest absolute Gasteiger partial charge is 0.141 e. The third-order valence-corrected chi connectivity index (χ3v) is 8.80. The van der Waals surface area contributed by atoms with E-state index < -0.39 is 11.9 Å². The number of aryl methyl sites for hydroxylation is 1. The lowest BCUT2D eigenvalue weighted by Crippen LogP contribution is -2.34. The van der Waals surface area contributed by atoms with Crippen molar-refractivity contribution in [3.05, 3.63) is 105 Å². The Bertz CT molecular complexity index is 1910. The summed E-state index contributed by atoms with van der Waals surface area (Å²) in [5.41, 5.74) is 4.49. The highest BCUT2D eigenvalue weighted by atomic mass is 35.5. The fourth-order valence-electron chi connectivity index (χ4n) is 5.85. The van der Waals surface area contributed by atoms with Gasteiger partial charge >= 0.3 is 0 Å². The molecular weight excluding hydrogens is 617 g/mol. The molecule has 2 aromatic heterocycles. The molecule has 3 heterocycles. The Labute approximate surface area is 269 Å². The van der Waals surface area contributed by atoms with Crippen LogP contribution in [0.5, 0.6) is 0 Å². The van der Waals surface area contributed by atoms with E-state index in [1.165, 1.54) is 36.5 Å². The number of pyridine rings is 1. The van der Waals surface area contributed by atoms with E-state index in [1.54, 1.807) is 18.2 Å². The molecule has 230 valence electrons. The van der Waals surface area contributed by atoms with Crippen LogP contribution in [-0.4, -0.2) is 44.5 Å². The first kappa shape index (κ1) is 30.7. The van der Waals surface area contributed by atoms with Gasteiger partial charge in [0.05, 0.1) is 45.8 Å². The molecule has 1 saturated heterocycles. The highest BCUT2D eigenvalue weighted by Gasteiger charge is 2.26. The third-order valence-electron chi connectivity index (χ3n) is 8.29. The van der Waals surface area contributed by atoms with E-state index in [0.29, 0.717) is 38.7 Å². The number of nitriles is 1. The molecule has 6 rings (SSSR count). The van der Waals surface area contributed by atoms with Gasteiger partial charge in [-0.1, -0.05) is 41.4 Å². The highest BCUT2D eigenvalue weighted by Crippen LogP contribution is 2.38. The molecule has 45 heavy (non-hydrogen) atoms. The molecule has 0 amide bonds. The highest BCUT2D eigenvalue weighted by molar-refractivity contribution is 6.32. The monoisotopic (exact) mass is 646 g/mol. The number of rotatable bonds is 8. The van der Waals surface area contributed by atoms with Crippen molar-refractivity contribution in [2.24, 2.45) is 0 Å². The maximum Gasteiger partial charge on any atom is 0.141 e. The van der Waals surface area contributed by atoms with Crippen LogP contribution < -0.4 is 10.6 Å². The molecule has 1 atom stereocenters. The van der Waals surface area contributed by atoms with Gasteiger partial charge in [0, 0.05) is 35.4 Å². The number of fused-ring (bicyclic) bond motifs is 1. The van der Waals surface area contributed by atoms with E-state index >= 15 is 0 Å². The lowest BCUT2D eigenvalue weighted by molar-refractivity contribution is 0.186. The van der Waals surface area contributed by atoms with Gasteiger partial charge in [0.1, 0.15) is 23.4 Å². The summed E-state index contributed by atoms with van der Waals surface area (Å²) >= 11 is 12.7. The number of hydrogen-bond acceptors (Lipinski definition) is 7. The number of piperidine rings is 1. The minimum atomic E-state index is -0.553. The topological polar surface area (TPSA) is 94.7 Å². The van der Waals surface area contributed by atoms with Crippen LogP contribution in [0.15, 0.2) is 60.9 Å². The van der Waals surface area contributed by atoms with E-state index in [2.05, 4.69) is 43.8 Å². The van der Waals surface area contributed by atoms with E-state index in [4.69, 9.17) is 23.2 Å². The van der Waals surface area contributed by atoms with Gasteiger partial charge in [0.25, 0.3) is 0 Å². The number of halogens is 4. The van der Waals surface area contributed by atoms with Crippen LogP contribution in [0.2, 0.25) is 10.0 Å². The Hall–Kier alpha value is -4.30. The lowest BCUT2D eigenvalue weighted by atomic mass is 9.98. The summed E-state index contributed by atoms with van der Waals surface area (Å²) in [6.07, 6.45) is 5.37. The predicted molar refractivity (Wildman–Crippen MR) is 173 cm³/mol. The maximum atomic E-state index is 14.2. The van der Waals surface area contributed by atoms with Crippen molar-refractivity contribution >= 4 is 51.2 Å². The lowest BCUT2D eigenvalue weighted by Gasteiger charge is -2.30. The standard InChI is InChI=1S/C33H30Cl2F2N8/c1-3-44-10-8-24(9-11-44)45-18-30(42-43-45)33(25-6-4-22(36)12-19(25)2)41-29-14-21(34)13-26-31(20(16-38)17-39-32(26)29)40-23-5-7-28(37)27(35)15-23/h4-7,12-15,17-18,24,33,41H,3,8-11H2,1-2H3,(H,39,40). The second kappa shape index (κ2) is 13.0. The van der Waals surface area contributed by atoms with Gasteiger partial charge in [-0.2, -0.15) is 5.26 Å². The van der Waals surface area contributed by atoms with Crippen LogP contribution >= 0.6 is 23.2 Å². The van der Waals surface area contributed by atoms with Gasteiger partial charge < -0.3 is 15.5 Å². The van der Waals surface area contributed by atoms with E-state index in [9.17, 15) is 14.0 Å². The largest absolute Gasteiger partial charge is 0.371 e. The van der Waals surface area contributed by atoms with Crippen molar-refractivity contribution in [2.45, 2.75) is 38.8 Å². The van der Waals surface area contributed by atoms with Crippen LogP contribution in [0.1, 0.15) is 54.2 Å². The first-order valence-corrected chi connectivity index (χ1v) is 15.4. The van der Waals surface area contributed by atoms with E-state index in [-0.39, 0.29) is 22.4 Å². The first-order valence-electron chi connectivity index (χ1n) is 14.6. The van der Waals surface area contributed by atoms with Crippen molar-refractivity contribution in [1.82, 2.24) is 24.9 Å². The summed E-state index contributed by atoms with van der Waals surface area (Å²) < 4.78 is 30.0. The van der Waals surface area contributed by atoms with Crippen molar-refractivity contribution < 1.29 is 8.78 Å². The summed E-state index contributed by atoms with van der Waals surface area (Å²) in [6, 6.07) is 14.2. The molecule has 0 saturated carbocycles. The molecule has 12 heteroatoms. The third kappa shape index (κ3) is 6.43. The summed E-state index contributed by atoms with van der Waals surface area (Å²) in [7, 11) is 0. The summed E-state index contributed by atoms with van der Waals surface area (Å²) in [6.45, 7) is 7.04. The SMILES string of the molecule is CCN1CCC(n2cc(C(Nc3cc(Cl)cc4c(Nc5ccc(F)c(Cl)c5)c(C#N)cnc34)c3ccc(F)cc3C)nn2)CC1. The predicted octanol–water partition coefficient (Wildman–Crippen LogP) is 8.19. The molecule has 0 spiro atoms. The maximum absolute atomic E-state index is 14.2. The Morgan fingerprint density at radius 1 is 1.09 bits per heavy atom. The molecule has 5 aromatic rings. The summed E-state index contributed by atoms with van der Waals surface area (Å²) in [4.78, 5) is 7.04. The summed E-state index contributed by atoms with van der Waals surface area (Å²) in [5.74, 6) is -0.890. The molecule has 2 N–H and O–H groups in total. The number of benzene rings is 3. The number of aromatic nitrogens is 4. The molecule has 1 unspecified atom stereocenters. The second-order valence-corrected chi connectivity index (χ2v) is 12.0. The van der Waals surface area contributed by atoms with Crippen LogP contribution in [-0.2, 0) is 0 Å². The Morgan fingerprint density at radius 3 is 2.60 bits per heavy atom. The molecule has 3 aromatic carbocycles. The molecule has 1 aliphatic heterocycles. The fourth-order valence-corrected chi connectivity index (χ4v) is 6.24. The molecule has 0 aliphatic carbocycles. The second-order valence-electron chi connectivity index (χ2n) is 11.1. The number of nitrogens with zero attached hydrogens (tertiary/aromatic N) is 6. The van der Waals surface area contributed by atoms with Crippen molar-refractivity contribution in [2.75, 3.05) is 30.3 Å². The zero-order chi connectivity index (χ0) is 31.7. The number of likely N-dealkylation sites (tertiary alicyclic amines) is 1. The fraction of sp³-hybridized carbons (Fsp3) is 0.273. The molecular formula is C33H30Cl2F2N8. The van der Waals surface area contributed by atoms with Gasteiger partial charge in [-0.15, -0.1) is 5.10 Å². The Balaban J connectivity index is 1.42. The molecule has 8 nitrogen and oxygen atoms in total. The first-order chi connectivity index (χ1) is 21.7. The van der Waals surface area contributed by atoms with Gasteiger partial charge in [0.15, 0.2) is 0 Å². The van der Waals surface area contributed by atoms with Gasteiger partial charge in [-0.05, 0) is 79.9 Å². The van der Waals surface area contributed by atoms with Crippen LogP contribution in [0.25, 0.3) is 10.9 Å². The Kier molecular flexibility index (Phi) is 8.85. The van der Waals surface area contributed by atoms with Crippen LogP contribution in [0, 0.1) is 29.9 Å². The average molecular weight is 648 g/mol. The van der Waals surface area contributed by atoms with E-state index in [1.807, 2.05) is 17.8 Å². The molecule has 1 aliphatic rings. The van der Waals surface area contributed by atoms with Crippen molar-refractivity contribution in [3.63, 3.8) is 0 Å². The van der Waals surface area contributed by atoms with E-state index in [0.717, 1.165) is 43.6 Å². The number of hydrogen-bond donors (Lipinski definition) is 2. The minimum Gasteiger partial charge on any atom is -0.371 e. The van der Waals surface area contributed by atoms with Gasteiger partial charge in [0.2, 0.25) is 0 Å². The number of anilines is 3. The van der Waals surface area contributed by atoms with Crippen LogP contribution in [0.4, 0.5) is 25.8 Å². The zero-order valence-electron chi connectivity index (χ0n) is 24.7. The quantitative estimate of drug-likeness (QED) is 0.175. The zero-order valence-corrected chi connectivity index (χ0v) is 26.2. The van der Waals surface area contributed by atoms with Crippen molar-refractivity contribution in [1.29, 1.82) is 5.26 Å².